The van der Waals surface area contributed by atoms with Crippen LogP contribution in [0.4, 0.5) is 5.69 Å². The first-order chi connectivity index (χ1) is 15.9. The zero-order chi connectivity index (χ0) is 23.8. The first-order valence-electron chi connectivity index (χ1n) is 11.4. The second-order valence-electron chi connectivity index (χ2n) is 8.17. The lowest BCUT2D eigenvalue weighted by Gasteiger charge is -2.10. The number of benzene rings is 2. The van der Waals surface area contributed by atoms with Crippen molar-refractivity contribution in [3.63, 3.8) is 0 Å². The van der Waals surface area contributed by atoms with Gasteiger partial charge in [0.15, 0.2) is 5.69 Å². The van der Waals surface area contributed by atoms with E-state index in [1.165, 1.54) is 5.56 Å². The van der Waals surface area contributed by atoms with Crippen molar-refractivity contribution < 1.29 is 14.3 Å². The lowest BCUT2D eigenvalue weighted by molar-refractivity contribution is 0.0948. The minimum atomic E-state index is -0.307. The summed E-state index contributed by atoms with van der Waals surface area (Å²) in [5.41, 5.74) is 3.22. The summed E-state index contributed by atoms with van der Waals surface area (Å²) in [7, 11) is 0. The van der Waals surface area contributed by atoms with Gasteiger partial charge in [0.05, 0.1) is 5.69 Å². The SMILES string of the molecule is CCCNC(=O)c1nn(CC)cc1NC(=O)c1cccc(COc2ccc(C(C)C)cc2)c1. The third-order valence-electron chi connectivity index (χ3n) is 5.23. The van der Waals surface area contributed by atoms with Gasteiger partial charge in [0, 0.05) is 24.8 Å². The van der Waals surface area contributed by atoms with Gasteiger partial charge in [-0.1, -0.05) is 45.0 Å². The number of amides is 2. The maximum Gasteiger partial charge on any atom is 0.273 e. The first-order valence-corrected chi connectivity index (χ1v) is 11.4. The molecule has 7 nitrogen and oxygen atoms in total. The Morgan fingerprint density at radius 3 is 2.48 bits per heavy atom. The minimum Gasteiger partial charge on any atom is -0.489 e. The van der Waals surface area contributed by atoms with Crippen LogP contribution >= 0.6 is 0 Å². The van der Waals surface area contributed by atoms with Crippen molar-refractivity contribution >= 4 is 17.5 Å². The predicted octanol–water partition coefficient (Wildman–Crippen LogP) is 5.00. The molecule has 0 aliphatic heterocycles. The monoisotopic (exact) mass is 448 g/mol. The molecule has 0 saturated carbocycles. The van der Waals surface area contributed by atoms with E-state index >= 15 is 0 Å². The standard InChI is InChI=1S/C26H32N4O3/c1-5-14-27-26(32)24-23(16-30(6-2)29-24)28-25(31)21-9-7-8-19(15-21)17-33-22-12-10-20(11-13-22)18(3)4/h7-13,15-16,18H,5-6,14,17H2,1-4H3,(H,27,32)(H,28,31). The van der Waals surface area contributed by atoms with E-state index in [2.05, 4.69) is 41.7 Å². The number of rotatable bonds is 10. The van der Waals surface area contributed by atoms with Crippen LogP contribution in [0.3, 0.4) is 0 Å². The molecule has 3 aromatic rings. The molecule has 1 aromatic heterocycles. The lowest BCUT2D eigenvalue weighted by Crippen LogP contribution is -2.26. The third kappa shape index (κ3) is 6.44. The zero-order valence-electron chi connectivity index (χ0n) is 19.7. The molecule has 2 N–H and O–H groups in total. The van der Waals surface area contributed by atoms with Gasteiger partial charge < -0.3 is 15.4 Å². The molecule has 0 bridgehead atoms. The summed E-state index contributed by atoms with van der Waals surface area (Å²) in [5, 5.41) is 9.94. The van der Waals surface area contributed by atoms with Crippen LogP contribution in [0.5, 0.6) is 5.75 Å². The van der Waals surface area contributed by atoms with Gasteiger partial charge in [-0.2, -0.15) is 5.10 Å². The van der Waals surface area contributed by atoms with Gasteiger partial charge in [-0.3, -0.25) is 14.3 Å². The lowest BCUT2D eigenvalue weighted by atomic mass is 10.0. The molecule has 7 heteroatoms. The molecule has 0 spiro atoms. The van der Waals surface area contributed by atoms with Crippen molar-refractivity contribution in [1.29, 1.82) is 0 Å². The number of nitrogens with zero attached hydrogens (tertiary/aromatic N) is 2. The minimum absolute atomic E-state index is 0.211. The number of aryl methyl sites for hydroxylation is 1. The Hall–Kier alpha value is -3.61. The Labute approximate surface area is 195 Å². The quantitative estimate of drug-likeness (QED) is 0.457. The van der Waals surface area contributed by atoms with Crippen molar-refractivity contribution in [3.8, 4) is 5.75 Å². The van der Waals surface area contributed by atoms with Gasteiger partial charge in [0.25, 0.3) is 11.8 Å². The van der Waals surface area contributed by atoms with Crippen LogP contribution in [0.2, 0.25) is 0 Å². The molecule has 174 valence electrons. The van der Waals surface area contributed by atoms with Gasteiger partial charge in [-0.25, -0.2) is 0 Å². The molecule has 0 aliphatic carbocycles. The van der Waals surface area contributed by atoms with Gasteiger partial charge >= 0.3 is 0 Å². The molecule has 2 amide bonds. The van der Waals surface area contributed by atoms with E-state index in [-0.39, 0.29) is 17.5 Å². The fourth-order valence-electron chi connectivity index (χ4n) is 3.28. The van der Waals surface area contributed by atoms with Crippen LogP contribution in [0.1, 0.15) is 72.0 Å². The van der Waals surface area contributed by atoms with E-state index in [0.29, 0.717) is 36.9 Å². The first kappa shape index (κ1) is 24.0. The van der Waals surface area contributed by atoms with Gasteiger partial charge in [0.2, 0.25) is 0 Å². The maximum absolute atomic E-state index is 12.9. The van der Waals surface area contributed by atoms with Crippen LogP contribution in [0, 0.1) is 0 Å². The van der Waals surface area contributed by atoms with Crippen LogP contribution in [-0.2, 0) is 13.2 Å². The molecule has 3 rings (SSSR count). The summed E-state index contributed by atoms with van der Waals surface area (Å²) in [6, 6.07) is 15.3. The van der Waals surface area contributed by atoms with Crippen LogP contribution in [0.25, 0.3) is 0 Å². The van der Waals surface area contributed by atoms with Crippen molar-refractivity contribution in [1.82, 2.24) is 15.1 Å². The smallest absolute Gasteiger partial charge is 0.273 e. The summed E-state index contributed by atoms with van der Waals surface area (Å²) in [4.78, 5) is 25.4. The molecule has 0 atom stereocenters. The molecule has 0 radical (unpaired) electrons. The van der Waals surface area contributed by atoms with Crippen molar-refractivity contribution in [2.45, 2.75) is 53.2 Å². The molecule has 33 heavy (non-hydrogen) atoms. The molecular weight excluding hydrogens is 416 g/mol. The molecule has 2 aromatic carbocycles. The normalized spacial score (nSPS) is 10.8. The van der Waals surface area contributed by atoms with E-state index in [1.54, 1.807) is 23.0 Å². The molecule has 0 unspecified atom stereocenters. The third-order valence-corrected chi connectivity index (χ3v) is 5.23. The summed E-state index contributed by atoms with van der Waals surface area (Å²) in [5.74, 6) is 0.643. The fourth-order valence-corrected chi connectivity index (χ4v) is 3.28. The molecular formula is C26H32N4O3. The van der Waals surface area contributed by atoms with E-state index < -0.39 is 0 Å². The average Bonchev–Trinajstić information content (AvgIpc) is 3.24. The largest absolute Gasteiger partial charge is 0.489 e. The van der Waals surface area contributed by atoms with Gasteiger partial charge in [0.1, 0.15) is 12.4 Å². The number of carbonyl (C=O) groups excluding carboxylic acids is 2. The van der Waals surface area contributed by atoms with E-state index in [4.69, 9.17) is 4.74 Å². The van der Waals surface area contributed by atoms with Gasteiger partial charge in [-0.05, 0) is 54.7 Å². The van der Waals surface area contributed by atoms with Crippen LogP contribution in [-0.4, -0.2) is 28.1 Å². The van der Waals surface area contributed by atoms with Gasteiger partial charge in [-0.15, -0.1) is 0 Å². The Balaban J connectivity index is 1.68. The molecule has 1 heterocycles. The number of hydrogen-bond acceptors (Lipinski definition) is 4. The average molecular weight is 449 g/mol. The number of nitrogens with one attached hydrogen (secondary N) is 2. The molecule has 0 saturated heterocycles. The zero-order valence-corrected chi connectivity index (χ0v) is 19.7. The van der Waals surface area contributed by atoms with E-state index in [0.717, 1.165) is 17.7 Å². The summed E-state index contributed by atoms with van der Waals surface area (Å²) >= 11 is 0. The second kappa shape index (κ2) is 11.3. The highest BCUT2D eigenvalue weighted by Crippen LogP contribution is 2.20. The molecule has 0 fully saturated rings. The number of hydrogen-bond donors (Lipinski definition) is 2. The second-order valence-corrected chi connectivity index (χ2v) is 8.17. The summed E-state index contributed by atoms with van der Waals surface area (Å²) in [6.07, 6.45) is 2.49. The Bertz CT molecular complexity index is 1090. The highest BCUT2D eigenvalue weighted by atomic mass is 16.5. The van der Waals surface area contributed by atoms with E-state index in [1.807, 2.05) is 38.1 Å². The predicted molar refractivity (Wildman–Crippen MR) is 130 cm³/mol. The topological polar surface area (TPSA) is 85.3 Å². The highest BCUT2D eigenvalue weighted by molar-refractivity contribution is 6.08. The Morgan fingerprint density at radius 2 is 1.82 bits per heavy atom. The van der Waals surface area contributed by atoms with Crippen molar-refractivity contribution in [2.75, 3.05) is 11.9 Å². The summed E-state index contributed by atoms with van der Waals surface area (Å²) < 4.78 is 7.52. The number of aromatic nitrogens is 2. The molecule has 0 aliphatic rings. The van der Waals surface area contributed by atoms with Crippen LogP contribution < -0.4 is 15.4 Å². The van der Waals surface area contributed by atoms with Crippen LogP contribution in [0.15, 0.2) is 54.7 Å². The number of anilines is 1. The van der Waals surface area contributed by atoms with Crippen molar-refractivity contribution in [3.05, 3.63) is 77.1 Å². The van der Waals surface area contributed by atoms with Crippen molar-refractivity contribution in [2.24, 2.45) is 0 Å². The fraction of sp³-hybridized carbons (Fsp3) is 0.346. The maximum atomic E-state index is 12.9. The Morgan fingerprint density at radius 1 is 1.06 bits per heavy atom. The van der Waals surface area contributed by atoms with E-state index in [9.17, 15) is 9.59 Å². The number of ether oxygens (including phenoxy) is 1. The summed E-state index contributed by atoms with van der Waals surface area (Å²) in [6.45, 7) is 9.70. The highest BCUT2D eigenvalue weighted by Gasteiger charge is 2.19. The Kier molecular flexibility index (Phi) is 8.24. The number of carbonyl (C=O) groups is 2.